The lowest BCUT2D eigenvalue weighted by atomic mass is 10.1. The standard InChI is InChI=1S/C24H24N6O9/c25-13-22(1-2-22)16(31)37-10-7-28-19(34)29(8-11-38-17(32)23(14-26)3-4-23)21(36)30(20(28)35)9-12-39-18(33)24(15-27)5-6-24/h1-12H2. The number of hydrogen-bond acceptors (Lipinski definition) is 12. The molecule has 39 heavy (non-hydrogen) atoms. The van der Waals surface area contributed by atoms with Gasteiger partial charge in [-0.05, 0) is 38.5 Å². The summed E-state index contributed by atoms with van der Waals surface area (Å²) in [6.45, 7) is -2.64. The third kappa shape index (κ3) is 5.18. The molecular weight excluding hydrogens is 516 g/mol. The van der Waals surface area contributed by atoms with Crippen LogP contribution >= 0.6 is 0 Å². The maximum atomic E-state index is 13.0. The third-order valence-electron chi connectivity index (χ3n) is 7.09. The van der Waals surface area contributed by atoms with E-state index in [0.29, 0.717) is 52.2 Å². The van der Waals surface area contributed by atoms with Crippen molar-refractivity contribution in [1.29, 1.82) is 15.8 Å². The first-order valence-electron chi connectivity index (χ1n) is 12.3. The number of nitriles is 3. The quantitative estimate of drug-likeness (QED) is 0.223. The van der Waals surface area contributed by atoms with Crippen molar-refractivity contribution in [1.82, 2.24) is 13.7 Å². The molecule has 0 saturated heterocycles. The van der Waals surface area contributed by atoms with Crippen LogP contribution in [0.2, 0.25) is 0 Å². The van der Waals surface area contributed by atoms with Crippen LogP contribution in [0.15, 0.2) is 14.4 Å². The Labute approximate surface area is 220 Å². The van der Waals surface area contributed by atoms with Crippen LogP contribution in [0.5, 0.6) is 0 Å². The van der Waals surface area contributed by atoms with Crippen LogP contribution in [0.3, 0.4) is 0 Å². The summed E-state index contributed by atoms with van der Waals surface area (Å²) in [5.74, 6) is -2.32. The predicted octanol–water partition coefficient (Wildman–Crippen LogP) is -1.29. The molecule has 15 heteroatoms. The number of aromatic nitrogens is 3. The van der Waals surface area contributed by atoms with E-state index < -0.39 is 90.7 Å². The summed E-state index contributed by atoms with van der Waals surface area (Å²) in [4.78, 5) is 75.4. The van der Waals surface area contributed by atoms with Gasteiger partial charge in [-0.2, -0.15) is 15.8 Å². The molecule has 0 aromatic carbocycles. The van der Waals surface area contributed by atoms with E-state index in [1.165, 1.54) is 0 Å². The molecule has 3 saturated carbocycles. The summed E-state index contributed by atoms with van der Waals surface area (Å²) >= 11 is 0. The fourth-order valence-corrected chi connectivity index (χ4v) is 3.82. The molecule has 204 valence electrons. The Hall–Kier alpha value is -4.71. The lowest BCUT2D eigenvalue weighted by Gasteiger charge is -2.15. The van der Waals surface area contributed by atoms with E-state index in [1.54, 1.807) is 0 Å². The number of hydrogen-bond donors (Lipinski definition) is 0. The van der Waals surface area contributed by atoms with Crippen LogP contribution in [0.1, 0.15) is 38.5 Å². The van der Waals surface area contributed by atoms with Crippen LogP contribution < -0.4 is 17.1 Å². The van der Waals surface area contributed by atoms with E-state index in [-0.39, 0.29) is 0 Å². The van der Waals surface area contributed by atoms with E-state index in [4.69, 9.17) is 30.0 Å². The van der Waals surface area contributed by atoms with Gasteiger partial charge in [0.1, 0.15) is 19.8 Å². The van der Waals surface area contributed by atoms with Crippen LogP contribution in [0.4, 0.5) is 0 Å². The molecule has 1 aromatic rings. The van der Waals surface area contributed by atoms with E-state index in [1.807, 2.05) is 18.2 Å². The Morgan fingerprint density at radius 1 is 0.564 bits per heavy atom. The molecule has 0 amide bonds. The zero-order chi connectivity index (χ0) is 28.4. The summed E-state index contributed by atoms with van der Waals surface area (Å²) in [6, 6.07) is 5.62. The highest BCUT2D eigenvalue weighted by atomic mass is 16.5. The molecule has 0 atom stereocenters. The van der Waals surface area contributed by atoms with Gasteiger partial charge in [0.15, 0.2) is 16.2 Å². The zero-order valence-corrected chi connectivity index (χ0v) is 20.8. The Kier molecular flexibility index (Phi) is 7.16. The lowest BCUT2D eigenvalue weighted by Crippen LogP contribution is -2.55. The second-order valence-electron chi connectivity index (χ2n) is 9.79. The third-order valence-corrected chi connectivity index (χ3v) is 7.09. The van der Waals surface area contributed by atoms with Crippen molar-refractivity contribution in [3.05, 3.63) is 31.5 Å². The molecule has 3 aliphatic rings. The van der Waals surface area contributed by atoms with Gasteiger partial charge in [0.25, 0.3) is 0 Å². The normalized spacial score (nSPS) is 18.4. The minimum atomic E-state index is -1.22. The summed E-state index contributed by atoms with van der Waals surface area (Å²) < 4.78 is 17.1. The van der Waals surface area contributed by atoms with Gasteiger partial charge in [-0.25, -0.2) is 28.1 Å². The number of ether oxygens (including phenoxy) is 3. The maximum Gasteiger partial charge on any atom is 0.336 e. The molecule has 1 heterocycles. The predicted molar refractivity (Wildman–Crippen MR) is 124 cm³/mol. The summed E-state index contributed by atoms with van der Waals surface area (Å²) in [7, 11) is 0. The fourth-order valence-electron chi connectivity index (χ4n) is 3.82. The van der Waals surface area contributed by atoms with Crippen molar-refractivity contribution < 1.29 is 28.6 Å². The second-order valence-corrected chi connectivity index (χ2v) is 9.79. The monoisotopic (exact) mass is 540 g/mol. The van der Waals surface area contributed by atoms with E-state index in [2.05, 4.69) is 0 Å². The molecule has 4 rings (SSSR count). The Morgan fingerprint density at radius 2 is 0.795 bits per heavy atom. The highest BCUT2D eigenvalue weighted by Gasteiger charge is 2.53. The Balaban J connectivity index is 1.51. The number of carbonyl (C=O) groups is 3. The van der Waals surface area contributed by atoms with Crippen molar-refractivity contribution in [2.45, 2.75) is 58.2 Å². The van der Waals surface area contributed by atoms with Crippen LogP contribution in [-0.2, 0) is 48.2 Å². The summed E-state index contributed by atoms with van der Waals surface area (Å²) in [5, 5.41) is 27.3. The molecule has 0 spiro atoms. The molecule has 0 unspecified atom stereocenters. The first-order valence-corrected chi connectivity index (χ1v) is 12.3. The molecule has 0 aliphatic heterocycles. The van der Waals surface area contributed by atoms with Gasteiger partial charge >= 0.3 is 35.0 Å². The van der Waals surface area contributed by atoms with Gasteiger partial charge in [0, 0.05) is 0 Å². The smallest absolute Gasteiger partial charge is 0.336 e. The molecule has 3 aliphatic carbocycles. The lowest BCUT2D eigenvalue weighted by molar-refractivity contribution is -0.148. The Morgan fingerprint density at radius 3 is 0.974 bits per heavy atom. The zero-order valence-electron chi connectivity index (χ0n) is 20.8. The molecule has 3 fully saturated rings. The highest BCUT2D eigenvalue weighted by molar-refractivity contribution is 5.84. The summed E-state index contributed by atoms with van der Waals surface area (Å²) in [5.41, 5.74) is -6.84. The molecular formula is C24H24N6O9. The van der Waals surface area contributed by atoms with Crippen LogP contribution in [-0.4, -0.2) is 51.4 Å². The first kappa shape index (κ1) is 27.3. The molecule has 0 N–H and O–H groups in total. The van der Waals surface area contributed by atoms with E-state index in [0.717, 1.165) is 0 Å². The molecule has 15 nitrogen and oxygen atoms in total. The van der Waals surface area contributed by atoms with Gasteiger partial charge in [0.2, 0.25) is 0 Å². The highest BCUT2D eigenvalue weighted by Crippen LogP contribution is 2.47. The maximum absolute atomic E-state index is 13.0. The SMILES string of the molecule is N#CC1(C(=O)OCCn2c(=O)n(CCOC(=O)C3(C#N)CC3)c(=O)n(CCOC(=O)C3(C#N)CC3)c2=O)CC1. The Bertz CT molecular complexity index is 1310. The minimum Gasteiger partial charge on any atom is -0.463 e. The van der Waals surface area contributed by atoms with Crippen LogP contribution in [0.25, 0.3) is 0 Å². The first-order chi connectivity index (χ1) is 18.6. The topological polar surface area (TPSA) is 216 Å². The van der Waals surface area contributed by atoms with Crippen molar-refractivity contribution in [2.24, 2.45) is 16.2 Å². The number of esters is 3. The minimum absolute atomic E-state index is 0.345. The van der Waals surface area contributed by atoms with Crippen molar-refractivity contribution in [3.8, 4) is 18.2 Å². The number of rotatable bonds is 12. The van der Waals surface area contributed by atoms with Gasteiger partial charge in [0.05, 0.1) is 37.8 Å². The van der Waals surface area contributed by atoms with Gasteiger partial charge in [-0.3, -0.25) is 14.4 Å². The molecule has 0 bridgehead atoms. The number of carbonyl (C=O) groups excluding carboxylic acids is 3. The van der Waals surface area contributed by atoms with E-state index in [9.17, 15) is 28.8 Å². The van der Waals surface area contributed by atoms with Crippen molar-refractivity contribution in [3.63, 3.8) is 0 Å². The summed E-state index contributed by atoms with van der Waals surface area (Å²) in [6.07, 6.45) is 2.07. The fraction of sp³-hybridized carbons (Fsp3) is 0.625. The van der Waals surface area contributed by atoms with Gasteiger partial charge < -0.3 is 14.2 Å². The number of nitrogens with zero attached hydrogens (tertiary/aromatic N) is 6. The average molecular weight is 540 g/mol. The van der Waals surface area contributed by atoms with Gasteiger partial charge in [-0.1, -0.05) is 0 Å². The van der Waals surface area contributed by atoms with Crippen molar-refractivity contribution >= 4 is 17.9 Å². The molecule has 0 radical (unpaired) electrons. The van der Waals surface area contributed by atoms with E-state index >= 15 is 0 Å². The second kappa shape index (κ2) is 10.2. The van der Waals surface area contributed by atoms with Crippen molar-refractivity contribution in [2.75, 3.05) is 19.8 Å². The molecule has 1 aromatic heterocycles. The largest absolute Gasteiger partial charge is 0.463 e. The van der Waals surface area contributed by atoms with Crippen LogP contribution in [0, 0.1) is 50.2 Å². The average Bonchev–Trinajstić information content (AvgIpc) is 3.81. The van der Waals surface area contributed by atoms with Gasteiger partial charge in [-0.15, -0.1) is 0 Å².